The van der Waals surface area contributed by atoms with Gasteiger partial charge in [0.2, 0.25) is 15.9 Å². The number of amides is 1. The smallest absolute Gasteiger partial charge is 0.245 e. The Kier molecular flexibility index (Phi) is 4.10. The normalized spacial score (nSPS) is 23.1. The third-order valence-corrected chi connectivity index (χ3v) is 6.39. The van der Waals surface area contributed by atoms with Crippen LogP contribution in [0.25, 0.3) is 0 Å². The Balaban J connectivity index is 1.74. The molecule has 1 amide bonds. The zero-order valence-electron chi connectivity index (χ0n) is 12.4. The number of para-hydroxylation sites is 1. The Labute approximate surface area is 130 Å². The van der Waals surface area contributed by atoms with E-state index in [9.17, 15) is 13.2 Å². The minimum atomic E-state index is -3.62. The van der Waals surface area contributed by atoms with E-state index < -0.39 is 10.0 Å². The lowest BCUT2D eigenvalue weighted by Gasteiger charge is -2.21. The van der Waals surface area contributed by atoms with E-state index in [0.29, 0.717) is 13.0 Å². The van der Waals surface area contributed by atoms with Crippen molar-refractivity contribution in [1.82, 2.24) is 9.21 Å². The summed E-state index contributed by atoms with van der Waals surface area (Å²) >= 11 is 0. The van der Waals surface area contributed by atoms with Crippen molar-refractivity contribution < 1.29 is 13.2 Å². The maximum absolute atomic E-state index is 12.7. The number of hydrogen-bond donors (Lipinski definition) is 1. The van der Waals surface area contributed by atoms with Gasteiger partial charge in [0.1, 0.15) is 4.90 Å². The summed E-state index contributed by atoms with van der Waals surface area (Å²) in [4.78, 5) is 14.4. The maximum atomic E-state index is 12.7. The molecular weight excluding hydrogens is 302 g/mol. The SMILES string of the molecule is Nc1ccccc1S(=O)(=O)N1CCC(C(=O)N2CCCC2)C1. The molecule has 3 rings (SSSR count). The van der Waals surface area contributed by atoms with Crippen LogP contribution < -0.4 is 5.73 Å². The zero-order chi connectivity index (χ0) is 15.7. The summed E-state index contributed by atoms with van der Waals surface area (Å²) in [6, 6.07) is 6.46. The molecule has 0 spiro atoms. The molecule has 0 radical (unpaired) electrons. The molecule has 2 aliphatic rings. The van der Waals surface area contributed by atoms with Crippen molar-refractivity contribution >= 4 is 21.6 Å². The van der Waals surface area contributed by atoms with Crippen LogP contribution in [-0.4, -0.2) is 49.7 Å². The van der Waals surface area contributed by atoms with Gasteiger partial charge in [-0.1, -0.05) is 12.1 Å². The van der Waals surface area contributed by atoms with E-state index in [4.69, 9.17) is 5.73 Å². The lowest BCUT2D eigenvalue weighted by atomic mass is 10.1. The Bertz CT molecular complexity index is 668. The molecule has 1 aromatic rings. The molecule has 0 aliphatic carbocycles. The van der Waals surface area contributed by atoms with Gasteiger partial charge in [0.25, 0.3) is 0 Å². The summed E-state index contributed by atoms with van der Waals surface area (Å²) in [5.41, 5.74) is 6.03. The first-order valence-corrected chi connectivity index (χ1v) is 9.07. The van der Waals surface area contributed by atoms with Gasteiger partial charge in [-0.2, -0.15) is 4.31 Å². The monoisotopic (exact) mass is 323 g/mol. The molecule has 2 aliphatic heterocycles. The fourth-order valence-corrected chi connectivity index (χ4v) is 4.81. The number of anilines is 1. The van der Waals surface area contributed by atoms with Crippen LogP contribution in [0.15, 0.2) is 29.2 Å². The van der Waals surface area contributed by atoms with Crippen LogP contribution >= 0.6 is 0 Å². The van der Waals surface area contributed by atoms with Crippen molar-refractivity contribution in [3.63, 3.8) is 0 Å². The van der Waals surface area contributed by atoms with Crippen molar-refractivity contribution in [2.45, 2.75) is 24.2 Å². The van der Waals surface area contributed by atoms with Crippen LogP contribution in [0.4, 0.5) is 5.69 Å². The first kappa shape index (κ1) is 15.3. The van der Waals surface area contributed by atoms with Gasteiger partial charge in [-0.15, -0.1) is 0 Å². The van der Waals surface area contributed by atoms with E-state index in [1.807, 2.05) is 4.90 Å². The number of likely N-dealkylation sites (tertiary alicyclic amines) is 1. The second-order valence-electron chi connectivity index (χ2n) is 5.92. The number of nitrogen functional groups attached to an aromatic ring is 1. The lowest BCUT2D eigenvalue weighted by Crippen LogP contribution is -2.36. The summed E-state index contributed by atoms with van der Waals surface area (Å²) in [5, 5.41) is 0. The van der Waals surface area contributed by atoms with Crippen LogP contribution in [0.5, 0.6) is 0 Å². The van der Waals surface area contributed by atoms with Gasteiger partial charge < -0.3 is 10.6 Å². The molecule has 0 bridgehead atoms. The lowest BCUT2D eigenvalue weighted by molar-refractivity contribution is -0.133. The molecule has 2 N–H and O–H groups in total. The number of carbonyl (C=O) groups is 1. The average molecular weight is 323 g/mol. The Morgan fingerprint density at radius 3 is 2.50 bits per heavy atom. The molecule has 22 heavy (non-hydrogen) atoms. The molecule has 2 saturated heterocycles. The third-order valence-electron chi connectivity index (χ3n) is 4.45. The summed E-state index contributed by atoms with van der Waals surface area (Å²) in [6.07, 6.45) is 2.67. The highest BCUT2D eigenvalue weighted by Crippen LogP contribution is 2.28. The topological polar surface area (TPSA) is 83.7 Å². The van der Waals surface area contributed by atoms with Gasteiger partial charge >= 0.3 is 0 Å². The number of carbonyl (C=O) groups excluding carboxylic acids is 1. The Hall–Kier alpha value is -1.60. The van der Waals surface area contributed by atoms with Gasteiger partial charge in [-0.25, -0.2) is 8.42 Å². The van der Waals surface area contributed by atoms with Crippen molar-refractivity contribution in [2.24, 2.45) is 5.92 Å². The summed E-state index contributed by atoms with van der Waals surface area (Å²) < 4.78 is 26.7. The van der Waals surface area contributed by atoms with Gasteiger partial charge in [0, 0.05) is 26.2 Å². The second kappa shape index (κ2) is 5.89. The highest BCUT2D eigenvalue weighted by Gasteiger charge is 2.38. The molecule has 0 aromatic heterocycles. The number of sulfonamides is 1. The van der Waals surface area contributed by atoms with Crippen LogP contribution in [-0.2, 0) is 14.8 Å². The van der Waals surface area contributed by atoms with Gasteiger partial charge in [0.05, 0.1) is 11.6 Å². The molecule has 1 atom stereocenters. The second-order valence-corrected chi connectivity index (χ2v) is 7.83. The van der Waals surface area contributed by atoms with E-state index in [0.717, 1.165) is 25.9 Å². The minimum absolute atomic E-state index is 0.0937. The van der Waals surface area contributed by atoms with Crippen LogP contribution in [0.1, 0.15) is 19.3 Å². The molecule has 120 valence electrons. The molecule has 1 unspecified atom stereocenters. The maximum Gasteiger partial charge on any atom is 0.245 e. The Morgan fingerprint density at radius 1 is 1.14 bits per heavy atom. The summed E-state index contributed by atoms with van der Waals surface area (Å²) in [7, 11) is -3.62. The molecule has 7 heteroatoms. The number of nitrogens with zero attached hydrogens (tertiary/aromatic N) is 2. The highest BCUT2D eigenvalue weighted by atomic mass is 32.2. The molecule has 0 saturated carbocycles. The number of benzene rings is 1. The van der Waals surface area contributed by atoms with E-state index in [1.54, 1.807) is 18.2 Å². The average Bonchev–Trinajstić information content (AvgIpc) is 3.19. The van der Waals surface area contributed by atoms with E-state index in [-0.39, 0.29) is 29.0 Å². The fourth-order valence-electron chi connectivity index (χ4n) is 3.20. The number of nitrogens with two attached hydrogens (primary N) is 1. The van der Waals surface area contributed by atoms with E-state index >= 15 is 0 Å². The summed E-state index contributed by atoms with van der Waals surface area (Å²) in [6.45, 7) is 2.23. The first-order chi connectivity index (χ1) is 10.5. The zero-order valence-corrected chi connectivity index (χ0v) is 13.3. The van der Waals surface area contributed by atoms with Crippen molar-refractivity contribution in [1.29, 1.82) is 0 Å². The highest BCUT2D eigenvalue weighted by molar-refractivity contribution is 7.89. The third kappa shape index (κ3) is 2.70. The summed E-state index contributed by atoms with van der Waals surface area (Å²) in [5.74, 6) is -0.131. The Morgan fingerprint density at radius 2 is 1.82 bits per heavy atom. The van der Waals surface area contributed by atoms with Crippen molar-refractivity contribution in [3.8, 4) is 0 Å². The fraction of sp³-hybridized carbons (Fsp3) is 0.533. The molecule has 2 heterocycles. The van der Waals surface area contributed by atoms with Crippen LogP contribution in [0, 0.1) is 5.92 Å². The largest absolute Gasteiger partial charge is 0.398 e. The standard InChI is InChI=1S/C15H21N3O3S/c16-13-5-1-2-6-14(13)22(20,21)18-10-7-12(11-18)15(19)17-8-3-4-9-17/h1-2,5-6,12H,3-4,7-11,16H2. The van der Waals surface area contributed by atoms with E-state index in [1.165, 1.54) is 10.4 Å². The van der Waals surface area contributed by atoms with E-state index in [2.05, 4.69) is 0 Å². The predicted octanol–water partition coefficient (Wildman–Crippen LogP) is 0.902. The minimum Gasteiger partial charge on any atom is -0.398 e. The quantitative estimate of drug-likeness (QED) is 0.838. The molecule has 2 fully saturated rings. The number of rotatable bonds is 3. The van der Waals surface area contributed by atoms with Gasteiger partial charge in [-0.05, 0) is 31.4 Å². The van der Waals surface area contributed by atoms with Crippen molar-refractivity contribution in [2.75, 3.05) is 31.9 Å². The molecular formula is C15H21N3O3S. The van der Waals surface area contributed by atoms with Crippen molar-refractivity contribution in [3.05, 3.63) is 24.3 Å². The van der Waals surface area contributed by atoms with Crippen LogP contribution in [0.3, 0.4) is 0 Å². The first-order valence-electron chi connectivity index (χ1n) is 7.63. The van der Waals surface area contributed by atoms with Crippen LogP contribution in [0.2, 0.25) is 0 Å². The van der Waals surface area contributed by atoms with Gasteiger partial charge in [0.15, 0.2) is 0 Å². The van der Waals surface area contributed by atoms with Gasteiger partial charge in [-0.3, -0.25) is 4.79 Å². The molecule has 6 nitrogen and oxygen atoms in total. The number of hydrogen-bond acceptors (Lipinski definition) is 4. The predicted molar refractivity (Wildman–Crippen MR) is 83.5 cm³/mol. The molecule has 1 aromatic carbocycles.